The van der Waals surface area contributed by atoms with Gasteiger partial charge in [0, 0.05) is 38.0 Å². The van der Waals surface area contributed by atoms with E-state index in [1.807, 2.05) is 29.2 Å². The van der Waals surface area contributed by atoms with Crippen molar-refractivity contribution in [2.75, 3.05) is 26.2 Å². The number of aromatic nitrogens is 2. The van der Waals surface area contributed by atoms with Gasteiger partial charge in [0.1, 0.15) is 0 Å². The Labute approximate surface area is 146 Å². The van der Waals surface area contributed by atoms with E-state index in [-0.39, 0.29) is 11.8 Å². The summed E-state index contributed by atoms with van der Waals surface area (Å²) < 4.78 is 0. The van der Waals surface area contributed by atoms with Gasteiger partial charge in [-0.25, -0.2) is 0 Å². The standard InChI is InChI=1S/C19H22N4O2/c24-17(13-14-5-1-2-6-14)22-9-11-23(12-10-22)19(25)18-15-7-3-4-8-16(15)20-21-18/h1,3-5,7-8,14H,2,6,9-13H2,(H,20,21)/t14-/m0/s1. The average Bonchev–Trinajstić information content (AvgIpc) is 3.31. The van der Waals surface area contributed by atoms with Crippen LogP contribution in [0.2, 0.25) is 0 Å². The number of carbonyl (C=O) groups is 2. The van der Waals surface area contributed by atoms with Crippen LogP contribution in [0.1, 0.15) is 29.8 Å². The molecule has 0 bridgehead atoms. The largest absolute Gasteiger partial charge is 0.339 e. The molecule has 1 N–H and O–H groups in total. The zero-order valence-electron chi connectivity index (χ0n) is 14.1. The van der Waals surface area contributed by atoms with E-state index < -0.39 is 0 Å². The van der Waals surface area contributed by atoms with Crippen LogP contribution < -0.4 is 0 Å². The molecule has 0 spiro atoms. The van der Waals surface area contributed by atoms with Crippen LogP contribution in [-0.2, 0) is 4.79 Å². The van der Waals surface area contributed by atoms with Crippen LogP contribution in [0.4, 0.5) is 0 Å². The Morgan fingerprint density at radius 1 is 1.12 bits per heavy atom. The number of nitrogens with one attached hydrogen (secondary N) is 1. The highest BCUT2D eigenvalue weighted by Gasteiger charge is 2.28. The molecule has 1 fully saturated rings. The fraction of sp³-hybridized carbons (Fsp3) is 0.421. The lowest BCUT2D eigenvalue weighted by Gasteiger charge is -2.35. The van der Waals surface area contributed by atoms with E-state index in [2.05, 4.69) is 22.3 Å². The average molecular weight is 338 g/mol. The van der Waals surface area contributed by atoms with Crippen LogP contribution in [0.5, 0.6) is 0 Å². The van der Waals surface area contributed by atoms with Crippen LogP contribution in [0.15, 0.2) is 36.4 Å². The molecule has 1 saturated heterocycles. The minimum atomic E-state index is -0.0664. The Balaban J connectivity index is 1.37. The van der Waals surface area contributed by atoms with Crippen LogP contribution in [0.25, 0.3) is 10.9 Å². The first kappa shape index (κ1) is 15.9. The van der Waals surface area contributed by atoms with Crippen molar-refractivity contribution in [2.45, 2.75) is 19.3 Å². The minimum Gasteiger partial charge on any atom is -0.339 e. The van der Waals surface area contributed by atoms with Gasteiger partial charge in [-0.15, -0.1) is 0 Å². The van der Waals surface area contributed by atoms with Gasteiger partial charge in [-0.3, -0.25) is 14.7 Å². The van der Waals surface area contributed by atoms with Gasteiger partial charge in [0.2, 0.25) is 5.91 Å². The summed E-state index contributed by atoms with van der Waals surface area (Å²) in [5.41, 5.74) is 1.33. The monoisotopic (exact) mass is 338 g/mol. The molecule has 1 atom stereocenters. The number of rotatable bonds is 3. The predicted octanol–water partition coefficient (Wildman–Crippen LogP) is 2.20. The molecule has 2 heterocycles. The number of amides is 2. The summed E-state index contributed by atoms with van der Waals surface area (Å²) in [6.45, 7) is 2.32. The van der Waals surface area contributed by atoms with Crippen molar-refractivity contribution in [3.05, 3.63) is 42.1 Å². The molecular weight excluding hydrogens is 316 g/mol. The quantitative estimate of drug-likeness (QED) is 0.872. The molecular formula is C19H22N4O2. The van der Waals surface area contributed by atoms with E-state index in [1.54, 1.807) is 4.90 Å². The lowest BCUT2D eigenvalue weighted by molar-refractivity contribution is -0.133. The van der Waals surface area contributed by atoms with Crippen molar-refractivity contribution in [1.29, 1.82) is 0 Å². The summed E-state index contributed by atoms with van der Waals surface area (Å²) in [4.78, 5) is 28.8. The number of para-hydroxylation sites is 1. The number of hydrogen-bond acceptors (Lipinski definition) is 3. The second kappa shape index (κ2) is 6.70. The van der Waals surface area contributed by atoms with Crippen LogP contribution in [0, 0.1) is 5.92 Å². The molecule has 2 aromatic rings. The maximum Gasteiger partial charge on any atom is 0.275 e. The predicted molar refractivity (Wildman–Crippen MR) is 95.1 cm³/mol. The molecule has 1 aliphatic carbocycles. The number of nitrogens with zero attached hydrogens (tertiary/aromatic N) is 3. The first-order valence-electron chi connectivity index (χ1n) is 8.89. The Kier molecular flexibility index (Phi) is 4.26. The number of fused-ring (bicyclic) bond motifs is 1. The molecule has 6 nitrogen and oxygen atoms in total. The third-order valence-electron chi connectivity index (χ3n) is 5.14. The van der Waals surface area contributed by atoms with E-state index in [4.69, 9.17) is 0 Å². The molecule has 1 aromatic carbocycles. The third-order valence-corrected chi connectivity index (χ3v) is 5.14. The van der Waals surface area contributed by atoms with Crippen molar-refractivity contribution < 1.29 is 9.59 Å². The maximum absolute atomic E-state index is 12.8. The van der Waals surface area contributed by atoms with Gasteiger partial charge < -0.3 is 9.80 Å². The summed E-state index contributed by atoms with van der Waals surface area (Å²) in [5.74, 6) is 0.528. The zero-order chi connectivity index (χ0) is 17.2. The number of allylic oxidation sites excluding steroid dienone is 2. The molecule has 2 aliphatic rings. The summed E-state index contributed by atoms with van der Waals surface area (Å²) in [6, 6.07) is 7.63. The lowest BCUT2D eigenvalue weighted by Crippen LogP contribution is -2.50. The topological polar surface area (TPSA) is 69.3 Å². The fourth-order valence-electron chi connectivity index (χ4n) is 3.65. The van der Waals surface area contributed by atoms with Gasteiger partial charge >= 0.3 is 0 Å². The molecule has 1 aromatic heterocycles. The van der Waals surface area contributed by atoms with Gasteiger partial charge in [0.25, 0.3) is 5.91 Å². The molecule has 25 heavy (non-hydrogen) atoms. The van der Waals surface area contributed by atoms with Gasteiger partial charge in [-0.05, 0) is 24.8 Å². The number of carbonyl (C=O) groups excluding carboxylic acids is 2. The van der Waals surface area contributed by atoms with E-state index >= 15 is 0 Å². The molecule has 2 amide bonds. The summed E-state index contributed by atoms with van der Waals surface area (Å²) in [6.07, 6.45) is 7.06. The van der Waals surface area contributed by atoms with Gasteiger partial charge in [-0.2, -0.15) is 5.10 Å². The number of H-pyrrole nitrogens is 1. The zero-order valence-corrected chi connectivity index (χ0v) is 14.1. The highest BCUT2D eigenvalue weighted by molar-refractivity contribution is 6.04. The lowest BCUT2D eigenvalue weighted by atomic mass is 10.0. The second-order valence-corrected chi connectivity index (χ2v) is 6.76. The Morgan fingerprint density at radius 3 is 2.64 bits per heavy atom. The van der Waals surface area contributed by atoms with E-state index in [1.165, 1.54) is 0 Å². The Hall–Kier alpha value is -2.63. The fourth-order valence-corrected chi connectivity index (χ4v) is 3.65. The van der Waals surface area contributed by atoms with Crippen molar-refractivity contribution in [3.63, 3.8) is 0 Å². The molecule has 6 heteroatoms. The van der Waals surface area contributed by atoms with Crippen LogP contribution in [-0.4, -0.2) is 58.0 Å². The van der Waals surface area contributed by atoms with E-state index in [9.17, 15) is 9.59 Å². The number of benzene rings is 1. The van der Waals surface area contributed by atoms with Crippen molar-refractivity contribution in [1.82, 2.24) is 20.0 Å². The van der Waals surface area contributed by atoms with E-state index in [0.717, 1.165) is 23.7 Å². The summed E-state index contributed by atoms with van der Waals surface area (Å²) in [7, 11) is 0. The summed E-state index contributed by atoms with van der Waals surface area (Å²) in [5, 5.41) is 7.94. The molecule has 1 aliphatic heterocycles. The van der Waals surface area contributed by atoms with Gasteiger partial charge in [-0.1, -0.05) is 30.4 Å². The molecule has 130 valence electrons. The van der Waals surface area contributed by atoms with Crippen molar-refractivity contribution in [2.24, 2.45) is 5.92 Å². The molecule has 0 saturated carbocycles. The van der Waals surface area contributed by atoms with Gasteiger partial charge in [0.15, 0.2) is 5.69 Å². The summed E-state index contributed by atoms with van der Waals surface area (Å²) >= 11 is 0. The Bertz CT molecular complexity index is 818. The Morgan fingerprint density at radius 2 is 1.88 bits per heavy atom. The van der Waals surface area contributed by atoms with Crippen LogP contribution in [0.3, 0.4) is 0 Å². The minimum absolute atomic E-state index is 0.0664. The molecule has 0 unspecified atom stereocenters. The highest BCUT2D eigenvalue weighted by Crippen LogP contribution is 2.22. The van der Waals surface area contributed by atoms with Crippen LogP contribution >= 0.6 is 0 Å². The maximum atomic E-state index is 12.8. The number of piperazine rings is 1. The van der Waals surface area contributed by atoms with Crippen molar-refractivity contribution in [3.8, 4) is 0 Å². The smallest absolute Gasteiger partial charge is 0.275 e. The SMILES string of the molecule is O=C(C[C@H]1C=CCC1)N1CCN(C(=O)c2n[nH]c3ccccc23)CC1. The first-order valence-corrected chi connectivity index (χ1v) is 8.89. The van der Waals surface area contributed by atoms with Crippen molar-refractivity contribution >= 4 is 22.7 Å². The van der Waals surface area contributed by atoms with E-state index in [0.29, 0.717) is 44.2 Å². The molecule has 4 rings (SSSR count). The number of aromatic amines is 1. The second-order valence-electron chi connectivity index (χ2n) is 6.76. The van der Waals surface area contributed by atoms with Gasteiger partial charge in [0.05, 0.1) is 5.52 Å². The number of hydrogen-bond donors (Lipinski definition) is 1. The highest BCUT2D eigenvalue weighted by atomic mass is 16.2. The molecule has 0 radical (unpaired) electrons. The first-order chi connectivity index (χ1) is 12.2. The normalized spacial score (nSPS) is 20.4. The third kappa shape index (κ3) is 3.16.